The summed E-state index contributed by atoms with van der Waals surface area (Å²) in [5, 5.41) is 9.23. The number of para-hydroxylation sites is 1. The van der Waals surface area contributed by atoms with Crippen LogP contribution in [-0.4, -0.2) is 45.9 Å². The van der Waals surface area contributed by atoms with Crippen LogP contribution in [0.2, 0.25) is 0 Å². The van der Waals surface area contributed by atoms with Crippen LogP contribution in [0.3, 0.4) is 0 Å². The molecule has 4 rings (SSSR count). The predicted octanol–water partition coefficient (Wildman–Crippen LogP) is 2.10. The summed E-state index contributed by atoms with van der Waals surface area (Å²) in [6.07, 6.45) is 0.814. The lowest BCUT2D eigenvalue weighted by Crippen LogP contribution is -2.44. The Morgan fingerprint density at radius 2 is 1.83 bits per heavy atom. The van der Waals surface area contributed by atoms with E-state index in [1.165, 1.54) is 0 Å². The van der Waals surface area contributed by atoms with E-state index in [2.05, 4.69) is 29.3 Å². The van der Waals surface area contributed by atoms with E-state index in [-0.39, 0.29) is 0 Å². The summed E-state index contributed by atoms with van der Waals surface area (Å²) in [6.45, 7) is 8.04. The van der Waals surface area contributed by atoms with E-state index >= 15 is 0 Å². The quantitative estimate of drug-likeness (QED) is 0.800. The minimum atomic E-state index is 0.814. The molecule has 0 aliphatic carbocycles. The number of hydrogen-bond donors (Lipinski definition) is 1. The summed E-state index contributed by atoms with van der Waals surface area (Å²) in [5.74, 6) is 1.89. The fourth-order valence-electron chi connectivity index (χ4n) is 3.22. The van der Waals surface area contributed by atoms with Gasteiger partial charge >= 0.3 is 0 Å². The largest absolute Gasteiger partial charge is 0.353 e. The van der Waals surface area contributed by atoms with Gasteiger partial charge in [0.2, 0.25) is 0 Å². The molecular formula is C18H22N6. The van der Waals surface area contributed by atoms with E-state index < -0.39 is 0 Å². The van der Waals surface area contributed by atoms with E-state index in [0.29, 0.717) is 0 Å². The third-order valence-electron chi connectivity index (χ3n) is 4.46. The molecule has 0 amide bonds. The van der Waals surface area contributed by atoms with Crippen molar-refractivity contribution < 1.29 is 0 Å². The van der Waals surface area contributed by atoms with Gasteiger partial charge in [0, 0.05) is 32.6 Å². The maximum absolute atomic E-state index is 4.84. The fourth-order valence-corrected chi connectivity index (χ4v) is 3.22. The first kappa shape index (κ1) is 15.1. The van der Waals surface area contributed by atoms with Crippen molar-refractivity contribution in [3.05, 3.63) is 41.9 Å². The summed E-state index contributed by atoms with van der Waals surface area (Å²) in [6, 6.07) is 10.2. The summed E-state index contributed by atoms with van der Waals surface area (Å²) in [5.41, 5.74) is 2.91. The van der Waals surface area contributed by atoms with Crippen molar-refractivity contribution in [2.45, 2.75) is 20.3 Å². The lowest BCUT2D eigenvalue weighted by atomic mass is 10.2. The minimum absolute atomic E-state index is 0.814. The number of rotatable bonds is 3. The van der Waals surface area contributed by atoms with Crippen LogP contribution in [0.5, 0.6) is 0 Å². The lowest BCUT2D eigenvalue weighted by Gasteiger charge is -2.29. The number of benzene rings is 1. The highest BCUT2D eigenvalue weighted by atomic mass is 15.3. The zero-order valence-electron chi connectivity index (χ0n) is 14.2. The molecule has 2 aromatic heterocycles. The highest BCUT2D eigenvalue weighted by Crippen LogP contribution is 2.29. The van der Waals surface area contributed by atoms with Crippen LogP contribution in [0.4, 0.5) is 5.82 Å². The highest BCUT2D eigenvalue weighted by Gasteiger charge is 2.22. The molecule has 0 atom stereocenters. The van der Waals surface area contributed by atoms with Gasteiger partial charge in [0.1, 0.15) is 11.6 Å². The molecule has 0 radical (unpaired) electrons. The molecule has 6 heteroatoms. The van der Waals surface area contributed by atoms with E-state index in [1.54, 1.807) is 0 Å². The van der Waals surface area contributed by atoms with Gasteiger partial charge in [-0.15, -0.1) is 0 Å². The first-order valence-corrected chi connectivity index (χ1v) is 8.55. The Bertz CT molecular complexity index is 849. The number of hydrogen-bond acceptors (Lipinski definition) is 5. The van der Waals surface area contributed by atoms with E-state index in [9.17, 15) is 0 Å². The Morgan fingerprint density at radius 1 is 1.08 bits per heavy atom. The van der Waals surface area contributed by atoms with Crippen molar-refractivity contribution in [1.29, 1.82) is 0 Å². The lowest BCUT2D eigenvalue weighted by molar-refractivity contribution is 0.585. The van der Waals surface area contributed by atoms with Crippen LogP contribution < -0.4 is 10.2 Å². The fraction of sp³-hybridized carbons (Fsp3) is 0.389. The minimum Gasteiger partial charge on any atom is -0.353 e. The van der Waals surface area contributed by atoms with Crippen molar-refractivity contribution in [3.8, 4) is 5.69 Å². The molecule has 1 aliphatic rings. The van der Waals surface area contributed by atoms with Crippen LogP contribution >= 0.6 is 0 Å². The monoisotopic (exact) mass is 322 g/mol. The van der Waals surface area contributed by atoms with Crippen molar-refractivity contribution in [1.82, 2.24) is 25.1 Å². The molecule has 124 valence electrons. The van der Waals surface area contributed by atoms with Crippen LogP contribution in [-0.2, 0) is 6.42 Å². The van der Waals surface area contributed by atoms with Crippen molar-refractivity contribution in [2.24, 2.45) is 0 Å². The van der Waals surface area contributed by atoms with Crippen LogP contribution in [0.1, 0.15) is 18.4 Å². The molecule has 6 nitrogen and oxygen atoms in total. The molecule has 1 aliphatic heterocycles. The highest BCUT2D eigenvalue weighted by molar-refractivity contribution is 5.91. The Morgan fingerprint density at radius 3 is 2.54 bits per heavy atom. The molecule has 1 saturated heterocycles. The van der Waals surface area contributed by atoms with Gasteiger partial charge in [-0.25, -0.2) is 14.6 Å². The van der Waals surface area contributed by atoms with Crippen LogP contribution in [0.25, 0.3) is 16.7 Å². The smallest absolute Gasteiger partial charge is 0.168 e. The zero-order valence-corrected chi connectivity index (χ0v) is 14.2. The maximum Gasteiger partial charge on any atom is 0.168 e. The van der Waals surface area contributed by atoms with Crippen molar-refractivity contribution >= 4 is 16.9 Å². The van der Waals surface area contributed by atoms with E-state index in [4.69, 9.17) is 15.1 Å². The van der Waals surface area contributed by atoms with E-state index in [1.807, 2.05) is 29.8 Å². The Hall–Kier alpha value is -2.47. The zero-order chi connectivity index (χ0) is 16.5. The number of anilines is 1. The summed E-state index contributed by atoms with van der Waals surface area (Å²) in [4.78, 5) is 12.0. The van der Waals surface area contributed by atoms with Gasteiger partial charge < -0.3 is 10.2 Å². The van der Waals surface area contributed by atoms with Gasteiger partial charge in [-0.1, -0.05) is 25.1 Å². The predicted molar refractivity (Wildman–Crippen MR) is 95.9 cm³/mol. The third kappa shape index (κ3) is 2.53. The average molecular weight is 322 g/mol. The first-order chi connectivity index (χ1) is 11.8. The van der Waals surface area contributed by atoms with E-state index in [0.717, 1.165) is 66.7 Å². The van der Waals surface area contributed by atoms with Crippen LogP contribution in [0.15, 0.2) is 30.3 Å². The molecule has 1 N–H and O–H groups in total. The van der Waals surface area contributed by atoms with Gasteiger partial charge in [0.15, 0.2) is 5.65 Å². The SMILES string of the molecule is CCc1nc(N2CCNCC2)c2c(C)nn(-c3ccccc3)c2n1. The second kappa shape index (κ2) is 6.20. The molecular weight excluding hydrogens is 300 g/mol. The molecule has 1 aromatic carbocycles. The second-order valence-electron chi connectivity index (χ2n) is 6.09. The first-order valence-electron chi connectivity index (χ1n) is 8.55. The molecule has 0 unspecified atom stereocenters. The summed E-state index contributed by atoms with van der Waals surface area (Å²) in [7, 11) is 0. The molecule has 3 heterocycles. The molecule has 1 fully saturated rings. The number of piperazine rings is 1. The number of fused-ring (bicyclic) bond motifs is 1. The summed E-state index contributed by atoms with van der Waals surface area (Å²) < 4.78 is 1.94. The number of aryl methyl sites for hydroxylation is 2. The Kier molecular flexibility index (Phi) is 3.90. The van der Waals surface area contributed by atoms with Gasteiger partial charge in [0.05, 0.1) is 16.8 Å². The Labute approximate surface area is 141 Å². The standard InChI is InChI=1S/C18H22N6/c1-3-15-20-17(23-11-9-19-10-12-23)16-13(2)22-24(18(16)21-15)14-7-5-4-6-8-14/h4-8,19H,3,9-12H2,1-2H3. The Balaban J connectivity index is 1.95. The number of aromatic nitrogens is 4. The molecule has 24 heavy (non-hydrogen) atoms. The van der Waals surface area contributed by atoms with Gasteiger partial charge in [-0.2, -0.15) is 5.10 Å². The molecule has 3 aromatic rings. The van der Waals surface area contributed by atoms with Gasteiger partial charge in [0.25, 0.3) is 0 Å². The van der Waals surface area contributed by atoms with Crippen LogP contribution in [0, 0.1) is 6.92 Å². The third-order valence-corrected chi connectivity index (χ3v) is 4.46. The maximum atomic E-state index is 4.84. The van der Waals surface area contributed by atoms with Gasteiger partial charge in [-0.3, -0.25) is 0 Å². The molecule has 0 bridgehead atoms. The van der Waals surface area contributed by atoms with Gasteiger partial charge in [-0.05, 0) is 19.1 Å². The number of nitrogens with one attached hydrogen (secondary N) is 1. The average Bonchev–Trinajstić information content (AvgIpc) is 2.99. The topological polar surface area (TPSA) is 58.9 Å². The molecule has 0 spiro atoms. The number of nitrogens with zero attached hydrogens (tertiary/aromatic N) is 5. The second-order valence-corrected chi connectivity index (χ2v) is 6.09. The van der Waals surface area contributed by atoms with Crippen molar-refractivity contribution in [3.63, 3.8) is 0 Å². The molecule has 0 saturated carbocycles. The summed E-state index contributed by atoms with van der Waals surface area (Å²) >= 11 is 0. The van der Waals surface area contributed by atoms with Crippen molar-refractivity contribution in [2.75, 3.05) is 31.1 Å². The normalized spacial score (nSPS) is 15.2.